The molecule has 162 valence electrons. The fourth-order valence-electron chi connectivity index (χ4n) is 3.45. The normalized spacial score (nSPS) is 10.8. The molecule has 0 fully saturated rings. The van der Waals surface area contributed by atoms with E-state index in [-0.39, 0.29) is 12.4 Å². The van der Waals surface area contributed by atoms with Crippen LogP contribution in [-0.4, -0.2) is 19.3 Å². The van der Waals surface area contributed by atoms with E-state index in [1.54, 1.807) is 4.68 Å². The van der Waals surface area contributed by atoms with E-state index in [9.17, 15) is 0 Å². The van der Waals surface area contributed by atoms with Gasteiger partial charge in [0.25, 0.3) is 0 Å². The average molecular weight is 477 g/mol. The van der Waals surface area contributed by atoms with Crippen molar-refractivity contribution in [2.45, 2.75) is 33.5 Å². The van der Waals surface area contributed by atoms with Gasteiger partial charge in [-0.3, -0.25) is 0 Å². The quantitative estimate of drug-likeness (QED) is 0.369. The van der Waals surface area contributed by atoms with E-state index in [1.807, 2.05) is 50.5 Å². The first kappa shape index (κ1) is 23.4. The first-order chi connectivity index (χ1) is 14.5. The second kappa shape index (κ2) is 10.3. The average Bonchev–Trinajstić information content (AvgIpc) is 3.25. The van der Waals surface area contributed by atoms with Crippen molar-refractivity contribution in [1.29, 1.82) is 0 Å². The molecular weight excluding hydrogens is 453 g/mol. The van der Waals surface area contributed by atoms with E-state index in [0.29, 0.717) is 16.7 Å². The molecular formula is C23H24Cl3N5. The monoisotopic (exact) mass is 475 g/mol. The Bertz CT molecular complexity index is 1170. The molecule has 2 heterocycles. The fraction of sp³-hybridized carbons (Fsp3) is 0.217. The van der Waals surface area contributed by atoms with E-state index < -0.39 is 0 Å². The second-order valence-corrected chi connectivity index (χ2v) is 8.07. The molecule has 5 nitrogen and oxygen atoms in total. The molecule has 0 aliphatic rings. The van der Waals surface area contributed by atoms with Crippen LogP contribution in [0, 0.1) is 13.8 Å². The molecule has 31 heavy (non-hydrogen) atoms. The van der Waals surface area contributed by atoms with Gasteiger partial charge in [0.1, 0.15) is 11.0 Å². The lowest BCUT2D eigenvalue weighted by atomic mass is 10.1. The molecule has 0 aliphatic heterocycles. The Morgan fingerprint density at radius 2 is 1.74 bits per heavy atom. The van der Waals surface area contributed by atoms with Crippen LogP contribution in [0.3, 0.4) is 0 Å². The van der Waals surface area contributed by atoms with Crippen molar-refractivity contribution in [2.24, 2.45) is 0 Å². The molecule has 2 aromatic heterocycles. The van der Waals surface area contributed by atoms with E-state index in [0.717, 1.165) is 35.9 Å². The van der Waals surface area contributed by atoms with Crippen molar-refractivity contribution in [3.05, 3.63) is 99.3 Å². The van der Waals surface area contributed by atoms with Crippen LogP contribution in [0.4, 0.5) is 0 Å². The lowest BCUT2D eigenvalue weighted by molar-refractivity contribution is 0.688. The van der Waals surface area contributed by atoms with Crippen LogP contribution in [0.15, 0.2) is 60.9 Å². The maximum absolute atomic E-state index is 6.63. The number of nitrogens with zero attached hydrogens (tertiary/aromatic N) is 4. The van der Waals surface area contributed by atoms with Crippen LogP contribution in [0.25, 0.3) is 5.69 Å². The largest absolute Gasteiger partial charge is 0.331 e. The SMILES string of the molecule is Cc1nn(-c2cccc(Cl)c2)c(Cl)c1CNCc1cccc(Cn2ccnc2C)c1.Cl. The molecule has 0 aliphatic carbocycles. The van der Waals surface area contributed by atoms with Crippen molar-refractivity contribution in [3.8, 4) is 5.69 Å². The predicted molar refractivity (Wildman–Crippen MR) is 129 cm³/mol. The Hall–Kier alpha value is -2.31. The highest BCUT2D eigenvalue weighted by atomic mass is 35.5. The summed E-state index contributed by atoms with van der Waals surface area (Å²) >= 11 is 12.7. The predicted octanol–water partition coefficient (Wildman–Crippen LogP) is 5.75. The summed E-state index contributed by atoms with van der Waals surface area (Å²) in [4.78, 5) is 4.29. The number of hydrogen-bond acceptors (Lipinski definition) is 3. The smallest absolute Gasteiger partial charge is 0.137 e. The zero-order valence-electron chi connectivity index (χ0n) is 17.3. The Balaban J connectivity index is 0.00000272. The number of halogens is 3. The summed E-state index contributed by atoms with van der Waals surface area (Å²) in [6, 6.07) is 16.1. The number of hydrogen-bond donors (Lipinski definition) is 1. The van der Waals surface area contributed by atoms with Gasteiger partial charge in [0, 0.05) is 42.6 Å². The third-order valence-electron chi connectivity index (χ3n) is 5.07. The number of imidazole rings is 1. The number of aryl methyl sites for hydroxylation is 2. The van der Waals surface area contributed by atoms with Gasteiger partial charge in [-0.25, -0.2) is 9.67 Å². The molecule has 8 heteroatoms. The lowest BCUT2D eigenvalue weighted by Gasteiger charge is -2.09. The van der Waals surface area contributed by atoms with E-state index >= 15 is 0 Å². The molecule has 0 atom stereocenters. The van der Waals surface area contributed by atoms with Crippen LogP contribution >= 0.6 is 35.6 Å². The summed E-state index contributed by atoms with van der Waals surface area (Å²) in [5.41, 5.74) is 5.21. The lowest BCUT2D eigenvalue weighted by Crippen LogP contribution is -2.13. The van der Waals surface area contributed by atoms with E-state index in [4.69, 9.17) is 23.2 Å². The summed E-state index contributed by atoms with van der Waals surface area (Å²) < 4.78 is 3.87. The molecule has 0 saturated heterocycles. The topological polar surface area (TPSA) is 47.7 Å². The summed E-state index contributed by atoms with van der Waals surface area (Å²) in [7, 11) is 0. The molecule has 0 spiro atoms. The van der Waals surface area contributed by atoms with Crippen LogP contribution in [-0.2, 0) is 19.6 Å². The van der Waals surface area contributed by atoms with Crippen LogP contribution in [0.1, 0.15) is 28.2 Å². The van der Waals surface area contributed by atoms with E-state index in [1.165, 1.54) is 11.1 Å². The highest BCUT2D eigenvalue weighted by molar-refractivity contribution is 6.31. The highest BCUT2D eigenvalue weighted by Gasteiger charge is 2.14. The molecule has 4 aromatic rings. The first-order valence-corrected chi connectivity index (χ1v) is 10.5. The third-order valence-corrected chi connectivity index (χ3v) is 5.70. The van der Waals surface area contributed by atoms with Gasteiger partial charge in [-0.1, -0.05) is 53.5 Å². The van der Waals surface area contributed by atoms with Gasteiger partial charge in [0.05, 0.1) is 11.4 Å². The molecule has 0 amide bonds. The summed E-state index contributed by atoms with van der Waals surface area (Å²) in [5.74, 6) is 1.01. The Kier molecular flexibility index (Phi) is 7.79. The van der Waals surface area contributed by atoms with Gasteiger partial charge in [0.2, 0.25) is 0 Å². The summed E-state index contributed by atoms with van der Waals surface area (Å²) in [6.45, 7) is 6.18. The molecule has 0 unspecified atom stereocenters. The van der Waals surface area contributed by atoms with Gasteiger partial charge < -0.3 is 9.88 Å². The summed E-state index contributed by atoms with van der Waals surface area (Å²) in [5, 5.41) is 9.34. The van der Waals surface area contributed by atoms with Crippen molar-refractivity contribution in [2.75, 3.05) is 0 Å². The molecule has 1 N–H and O–H groups in total. The standard InChI is InChI=1S/C23H23Cl2N5.ClH/c1-16-22(23(25)30(28-16)21-8-4-7-20(24)12-21)14-26-13-18-5-3-6-19(11-18)15-29-10-9-27-17(29)2;/h3-12,26H,13-15H2,1-2H3;1H. The van der Waals surface area contributed by atoms with Crippen LogP contribution in [0.5, 0.6) is 0 Å². The fourth-order valence-corrected chi connectivity index (χ4v) is 3.97. The van der Waals surface area contributed by atoms with Crippen molar-refractivity contribution in [3.63, 3.8) is 0 Å². The maximum atomic E-state index is 6.63. The van der Waals surface area contributed by atoms with Gasteiger partial charge in [-0.2, -0.15) is 5.10 Å². The Morgan fingerprint density at radius 3 is 2.48 bits per heavy atom. The second-order valence-electron chi connectivity index (χ2n) is 7.27. The van der Waals surface area contributed by atoms with Crippen LogP contribution < -0.4 is 5.32 Å². The molecule has 0 bridgehead atoms. The number of aromatic nitrogens is 4. The zero-order chi connectivity index (χ0) is 21.1. The molecule has 0 saturated carbocycles. The zero-order valence-corrected chi connectivity index (χ0v) is 19.7. The summed E-state index contributed by atoms with van der Waals surface area (Å²) in [6.07, 6.45) is 3.83. The maximum Gasteiger partial charge on any atom is 0.137 e. The van der Waals surface area contributed by atoms with E-state index in [2.05, 4.69) is 44.2 Å². The van der Waals surface area contributed by atoms with Crippen molar-refractivity contribution >= 4 is 35.6 Å². The minimum Gasteiger partial charge on any atom is -0.331 e. The number of benzene rings is 2. The minimum atomic E-state index is 0. The Labute approximate surface area is 198 Å². The highest BCUT2D eigenvalue weighted by Crippen LogP contribution is 2.25. The Morgan fingerprint density at radius 1 is 0.968 bits per heavy atom. The molecule has 2 aromatic carbocycles. The van der Waals surface area contributed by atoms with Crippen LogP contribution in [0.2, 0.25) is 10.2 Å². The molecule has 0 radical (unpaired) electrons. The third kappa shape index (κ3) is 5.49. The van der Waals surface area contributed by atoms with Gasteiger partial charge in [-0.15, -0.1) is 12.4 Å². The minimum absolute atomic E-state index is 0. The molecule has 4 rings (SSSR count). The van der Waals surface area contributed by atoms with Crippen molar-refractivity contribution < 1.29 is 0 Å². The van der Waals surface area contributed by atoms with Gasteiger partial charge >= 0.3 is 0 Å². The van der Waals surface area contributed by atoms with Gasteiger partial charge in [0.15, 0.2) is 0 Å². The van der Waals surface area contributed by atoms with Gasteiger partial charge in [-0.05, 0) is 43.2 Å². The van der Waals surface area contributed by atoms with Crippen molar-refractivity contribution in [1.82, 2.24) is 24.6 Å². The number of rotatable bonds is 7. The number of nitrogens with one attached hydrogen (secondary N) is 1. The first-order valence-electron chi connectivity index (χ1n) is 9.77.